The molecule has 3 amide bonds. The van der Waals surface area contributed by atoms with Crippen LogP contribution in [0.5, 0.6) is 5.75 Å². The van der Waals surface area contributed by atoms with Crippen LogP contribution in [0.25, 0.3) is 5.69 Å². The van der Waals surface area contributed by atoms with Crippen molar-refractivity contribution in [2.75, 3.05) is 46.4 Å². The molecule has 2 saturated heterocycles. The van der Waals surface area contributed by atoms with Crippen molar-refractivity contribution in [2.45, 2.75) is 12.8 Å². The third kappa shape index (κ3) is 4.25. The molecule has 8 nitrogen and oxygen atoms in total. The molecule has 0 aliphatic carbocycles. The lowest BCUT2D eigenvalue weighted by molar-refractivity contribution is -0.152. The van der Waals surface area contributed by atoms with E-state index in [-0.39, 0.29) is 5.91 Å². The molecule has 0 spiro atoms. The number of amides is 3. The molecule has 9 heteroatoms. The third-order valence-electron chi connectivity index (χ3n) is 5.81. The first-order valence-corrected chi connectivity index (χ1v) is 10.8. The minimum Gasteiger partial charge on any atom is -0.496 e. The zero-order valence-electron chi connectivity index (χ0n) is 17.4. The highest BCUT2D eigenvalue weighted by atomic mass is 35.5. The number of carbonyl (C=O) groups excluding carboxylic acids is 3. The van der Waals surface area contributed by atoms with Gasteiger partial charge in [0.2, 0.25) is 0 Å². The Morgan fingerprint density at radius 1 is 0.839 bits per heavy atom. The maximum absolute atomic E-state index is 13.2. The van der Waals surface area contributed by atoms with Gasteiger partial charge in [-0.1, -0.05) is 11.6 Å². The molecule has 0 saturated carbocycles. The highest BCUT2D eigenvalue weighted by Gasteiger charge is 2.32. The van der Waals surface area contributed by atoms with Gasteiger partial charge in [-0.05, 0) is 31.0 Å². The van der Waals surface area contributed by atoms with E-state index in [0.717, 1.165) is 18.5 Å². The molecule has 4 rings (SSSR count). The van der Waals surface area contributed by atoms with Gasteiger partial charge in [0.15, 0.2) is 0 Å². The van der Waals surface area contributed by atoms with E-state index in [0.29, 0.717) is 55.6 Å². The Bertz CT molecular complexity index is 978. The Labute approximate surface area is 185 Å². The number of piperazine rings is 1. The zero-order valence-corrected chi connectivity index (χ0v) is 18.2. The van der Waals surface area contributed by atoms with E-state index in [1.54, 1.807) is 21.9 Å². The summed E-state index contributed by atoms with van der Waals surface area (Å²) in [6.07, 6.45) is 5.60. The van der Waals surface area contributed by atoms with Crippen molar-refractivity contribution < 1.29 is 19.1 Å². The molecule has 0 unspecified atom stereocenters. The summed E-state index contributed by atoms with van der Waals surface area (Å²) in [4.78, 5) is 42.8. The molecule has 0 atom stereocenters. The Balaban J connectivity index is 1.44. The topological polar surface area (TPSA) is 75.1 Å². The van der Waals surface area contributed by atoms with Crippen molar-refractivity contribution in [1.82, 2.24) is 19.3 Å². The maximum atomic E-state index is 13.2. The Hall–Kier alpha value is -3.00. The number of carbonyl (C=O) groups is 3. The van der Waals surface area contributed by atoms with Gasteiger partial charge >= 0.3 is 11.8 Å². The largest absolute Gasteiger partial charge is 0.496 e. The van der Waals surface area contributed by atoms with Crippen LogP contribution in [0, 0.1) is 0 Å². The normalized spacial score (nSPS) is 16.5. The molecule has 3 heterocycles. The number of halogens is 1. The quantitative estimate of drug-likeness (QED) is 0.679. The fourth-order valence-electron chi connectivity index (χ4n) is 4.05. The molecule has 2 aliphatic rings. The second kappa shape index (κ2) is 9.01. The van der Waals surface area contributed by atoms with Gasteiger partial charge in [-0.15, -0.1) is 0 Å². The minimum absolute atomic E-state index is 0.212. The van der Waals surface area contributed by atoms with E-state index in [9.17, 15) is 14.4 Å². The van der Waals surface area contributed by atoms with E-state index < -0.39 is 11.8 Å². The Morgan fingerprint density at radius 2 is 1.39 bits per heavy atom. The summed E-state index contributed by atoms with van der Waals surface area (Å²) >= 11 is 6.45. The summed E-state index contributed by atoms with van der Waals surface area (Å²) in [5.41, 5.74) is 1.09. The summed E-state index contributed by atoms with van der Waals surface area (Å²) in [6, 6.07) is 7.13. The highest BCUT2D eigenvalue weighted by molar-refractivity contribution is 6.35. The number of rotatable bonds is 3. The molecule has 31 heavy (non-hydrogen) atoms. The first-order valence-electron chi connectivity index (χ1n) is 10.4. The molecule has 0 radical (unpaired) electrons. The number of ether oxygens (including phenoxy) is 1. The number of benzene rings is 1. The van der Waals surface area contributed by atoms with Crippen molar-refractivity contribution in [3.05, 3.63) is 47.2 Å². The van der Waals surface area contributed by atoms with Crippen LogP contribution in [0.3, 0.4) is 0 Å². The van der Waals surface area contributed by atoms with Gasteiger partial charge in [0.1, 0.15) is 5.75 Å². The highest BCUT2D eigenvalue weighted by Crippen LogP contribution is 2.31. The van der Waals surface area contributed by atoms with Crippen molar-refractivity contribution >= 4 is 29.3 Å². The first kappa shape index (κ1) is 21.2. The van der Waals surface area contributed by atoms with Crippen LogP contribution < -0.4 is 4.74 Å². The lowest BCUT2D eigenvalue weighted by atomic mass is 10.1. The Kier molecular flexibility index (Phi) is 6.18. The van der Waals surface area contributed by atoms with Crippen molar-refractivity contribution in [1.29, 1.82) is 0 Å². The van der Waals surface area contributed by atoms with Crippen LogP contribution in [0.15, 0.2) is 36.7 Å². The van der Waals surface area contributed by atoms with E-state index in [1.165, 1.54) is 12.0 Å². The van der Waals surface area contributed by atoms with E-state index in [4.69, 9.17) is 16.3 Å². The predicted molar refractivity (Wildman–Crippen MR) is 116 cm³/mol. The maximum Gasteiger partial charge on any atom is 0.312 e. The monoisotopic (exact) mass is 444 g/mol. The summed E-state index contributed by atoms with van der Waals surface area (Å²) < 4.78 is 7.31. The van der Waals surface area contributed by atoms with Gasteiger partial charge in [0.05, 0.1) is 23.4 Å². The summed E-state index contributed by atoms with van der Waals surface area (Å²) in [6.45, 7) is 2.62. The fraction of sp³-hybridized carbons (Fsp3) is 0.409. The van der Waals surface area contributed by atoms with Gasteiger partial charge in [-0.25, -0.2) is 0 Å². The lowest BCUT2D eigenvalue weighted by Gasteiger charge is -2.35. The molecule has 164 valence electrons. The van der Waals surface area contributed by atoms with Crippen LogP contribution in [-0.2, 0) is 9.59 Å². The van der Waals surface area contributed by atoms with Crippen LogP contribution in [0.1, 0.15) is 23.2 Å². The predicted octanol–water partition coefficient (Wildman–Crippen LogP) is 2.05. The summed E-state index contributed by atoms with van der Waals surface area (Å²) in [7, 11) is 1.51. The second-order valence-electron chi connectivity index (χ2n) is 7.68. The number of hydrogen-bond donors (Lipinski definition) is 0. The zero-order chi connectivity index (χ0) is 22.0. The molecular weight excluding hydrogens is 420 g/mol. The summed E-state index contributed by atoms with van der Waals surface area (Å²) in [5.74, 6) is -0.700. The molecule has 2 aromatic rings. The molecule has 2 aliphatic heterocycles. The van der Waals surface area contributed by atoms with E-state index in [2.05, 4.69) is 0 Å². The second-order valence-corrected chi connectivity index (χ2v) is 8.09. The number of methoxy groups -OCH3 is 1. The van der Waals surface area contributed by atoms with Crippen LogP contribution in [-0.4, -0.2) is 83.4 Å². The lowest BCUT2D eigenvalue weighted by Crippen LogP contribution is -2.54. The van der Waals surface area contributed by atoms with Crippen molar-refractivity contribution in [3.8, 4) is 11.4 Å². The van der Waals surface area contributed by atoms with Crippen molar-refractivity contribution in [2.24, 2.45) is 0 Å². The molecule has 1 aromatic heterocycles. The standard InChI is InChI=1S/C22H25ClN4O4/c1-31-19-15-18(24-6-2-3-7-24)17(23)14-16(19)20(28)26-10-12-27(13-11-26)22(30)21(29)25-8-4-5-9-25/h2-3,6-7,14-15H,4-5,8-13H2,1H3. The number of nitrogens with zero attached hydrogens (tertiary/aromatic N) is 4. The van der Waals surface area contributed by atoms with Gasteiger partial charge in [0, 0.05) is 57.7 Å². The average molecular weight is 445 g/mol. The molecule has 2 fully saturated rings. The number of aromatic nitrogens is 1. The van der Waals surface area contributed by atoms with Crippen LogP contribution in [0.4, 0.5) is 0 Å². The third-order valence-corrected chi connectivity index (χ3v) is 6.12. The van der Waals surface area contributed by atoms with Gasteiger partial charge in [-0.3, -0.25) is 14.4 Å². The molecule has 1 aromatic carbocycles. The minimum atomic E-state index is -0.481. The molecule has 0 bridgehead atoms. The number of likely N-dealkylation sites (tertiary alicyclic amines) is 1. The smallest absolute Gasteiger partial charge is 0.312 e. The van der Waals surface area contributed by atoms with E-state index in [1.807, 2.05) is 29.1 Å². The molecular formula is C22H25ClN4O4. The van der Waals surface area contributed by atoms with Crippen LogP contribution in [0.2, 0.25) is 5.02 Å². The van der Waals surface area contributed by atoms with Gasteiger partial charge in [0.25, 0.3) is 5.91 Å². The van der Waals surface area contributed by atoms with E-state index >= 15 is 0 Å². The molecule has 0 N–H and O–H groups in total. The fourth-order valence-corrected chi connectivity index (χ4v) is 4.31. The number of hydrogen-bond acceptors (Lipinski definition) is 4. The Morgan fingerprint density at radius 3 is 1.97 bits per heavy atom. The van der Waals surface area contributed by atoms with Crippen LogP contribution >= 0.6 is 11.6 Å². The average Bonchev–Trinajstić information content (AvgIpc) is 3.52. The van der Waals surface area contributed by atoms with Crippen molar-refractivity contribution in [3.63, 3.8) is 0 Å². The first-order chi connectivity index (χ1) is 15.0. The SMILES string of the molecule is COc1cc(-n2cccc2)c(Cl)cc1C(=O)N1CCN(C(=O)C(=O)N2CCCC2)CC1. The summed E-state index contributed by atoms with van der Waals surface area (Å²) in [5, 5.41) is 0.436. The van der Waals surface area contributed by atoms with Gasteiger partial charge in [-0.2, -0.15) is 0 Å². The van der Waals surface area contributed by atoms with Gasteiger partial charge < -0.3 is 24.0 Å².